The van der Waals surface area contributed by atoms with Crippen molar-refractivity contribution in [3.8, 4) is 0 Å². The molecule has 2 heterocycles. The molecule has 11 heteroatoms. The van der Waals surface area contributed by atoms with Gasteiger partial charge in [-0.05, 0) is 94.0 Å². The van der Waals surface area contributed by atoms with E-state index in [9.17, 15) is 13.2 Å². The Morgan fingerprint density at radius 2 is 1.60 bits per heavy atom. The van der Waals surface area contributed by atoms with Crippen LogP contribution in [0, 0.1) is 11.8 Å². The maximum atomic E-state index is 13.4. The summed E-state index contributed by atoms with van der Waals surface area (Å²) in [6.07, 6.45) is 8.43. The number of likely N-dealkylation sites (tertiary alicyclic amines) is 1. The summed E-state index contributed by atoms with van der Waals surface area (Å²) in [5, 5.41) is 3.28. The number of benzene rings is 2. The van der Waals surface area contributed by atoms with Gasteiger partial charge in [-0.15, -0.1) is 0 Å². The highest BCUT2D eigenvalue weighted by atomic mass is 35.5. The lowest BCUT2D eigenvalue weighted by molar-refractivity contribution is -0.126. The summed E-state index contributed by atoms with van der Waals surface area (Å²) >= 11 is 18.4. The van der Waals surface area contributed by atoms with E-state index < -0.39 is 16.1 Å². The molecular formula is C31H40Cl3N3O4S. The molecule has 2 atom stereocenters. The van der Waals surface area contributed by atoms with E-state index in [1.165, 1.54) is 60.8 Å². The minimum absolute atomic E-state index is 0.0147. The number of carbonyl (C=O) groups is 1. The molecule has 7 nitrogen and oxygen atoms in total. The molecule has 2 aliphatic heterocycles. The van der Waals surface area contributed by atoms with Crippen LogP contribution < -0.4 is 5.32 Å². The Labute approximate surface area is 264 Å². The van der Waals surface area contributed by atoms with Gasteiger partial charge in [0.25, 0.3) is 0 Å². The lowest BCUT2D eigenvalue weighted by atomic mass is 9.76. The molecule has 1 amide bonds. The minimum Gasteiger partial charge on any atom is -0.370 e. The van der Waals surface area contributed by atoms with E-state index in [2.05, 4.69) is 40.5 Å². The Morgan fingerprint density at radius 3 is 2.26 bits per heavy atom. The van der Waals surface area contributed by atoms with Crippen molar-refractivity contribution in [3.63, 3.8) is 0 Å². The van der Waals surface area contributed by atoms with Crippen LogP contribution in [0.2, 0.25) is 15.1 Å². The summed E-state index contributed by atoms with van der Waals surface area (Å²) in [6, 6.07) is 13.8. The van der Waals surface area contributed by atoms with Crippen LogP contribution in [-0.2, 0) is 19.6 Å². The quantitative estimate of drug-likeness (QED) is 0.296. The number of amides is 1. The van der Waals surface area contributed by atoms with Crippen molar-refractivity contribution >= 4 is 50.7 Å². The van der Waals surface area contributed by atoms with Gasteiger partial charge in [0.1, 0.15) is 11.5 Å². The van der Waals surface area contributed by atoms with Gasteiger partial charge in [0, 0.05) is 30.2 Å². The van der Waals surface area contributed by atoms with E-state index in [0.29, 0.717) is 43.8 Å². The van der Waals surface area contributed by atoms with Crippen LogP contribution in [0.1, 0.15) is 63.0 Å². The molecule has 0 aromatic heterocycles. The van der Waals surface area contributed by atoms with Crippen molar-refractivity contribution in [2.75, 3.05) is 39.4 Å². The molecule has 2 aromatic rings. The van der Waals surface area contributed by atoms with Crippen LogP contribution in [0.5, 0.6) is 0 Å². The summed E-state index contributed by atoms with van der Waals surface area (Å²) in [7, 11) is -3.95. The number of nitrogens with zero attached hydrogens (tertiary/aromatic N) is 2. The molecule has 3 fully saturated rings. The summed E-state index contributed by atoms with van der Waals surface area (Å²) < 4.78 is 33.8. The zero-order valence-electron chi connectivity index (χ0n) is 23.8. The van der Waals surface area contributed by atoms with Crippen molar-refractivity contribution in [2.45, 2.75) is 68.3 Å². The fraction of sp³-hybridized carbons (Fsp3) is 0.581. The average molecular weight is 657 g/mol. The number of nitrogens with one attached hydrogen (secondary N) is 1. The topological polar surface area (TPSA) is 78.9 Å². The Kier molecular flexibility index (Phi) is 11.1. The largest absolute Gasteiger partial charge is 0.370 e. The first-order valence-corrected chi connectivity index (χ1v) is 17.6. The minimum atomic E-state index is -3.95. The van der Waals surface area contributed by atoms with Gasteiger partial charge in [0.05, 0.1) is 16.7 Å². The van der Waals surface area contributed by atoms with Crippen LogP contribution in [-0.4, -0.2) is 69.0 Å². The zero-order valence-corrected chi connectivity index (χ0v) is 26.9. The third-order valence-electron chi connectivity index (χ3n) is 9.00. The lowest BCUT2D eigenvalue weighted by Crippen LogP contribution is -2.40. The van der Waals surface area contributed by atoms with E-state index in [0.717, 1.165) is 12.8 Å². The first-order valence-electron chi connectivity index (χ1n) is 15.0. The van der Waals surface area contributed by atoms with Gasteiger partial charge in [0.15, 0.2) is 0 Å². The number of carbonyl (C=O) groups excluding carboxylic acids is 1. The molecule has 1 aliphatic carbocycles. The Morgan fingerprint density at radius 1 is 0.929 bits per heavy atom. The zero-order chi connectivity index (χ0) is 29.7. The highest BCUT2D eigenvalue weighted by molar-refractivity contribution is 7.89. The maximum Gasteiger partial charge on any atom is 0.246 e. The Bertz CT molecular complexity index is 1290. The highest BCUT2D eigenvalue weighted by Gasteiger charge is 2.38. The average Bonchev–Trinajstić information content (AvgIpc) is 3.66. The molecule has 1 saturated carbocycles. The van der Waals surface area contributed by atoms with Crippen LogP contribution in [0.25, 0.3) is 0 Å². The Hall–Kier alpha value is -1.39. The molecule has 2 aromatic carbocycles. The first-order chi connectivity index (χ1) is 20.2. The number of sulfonamides is 1. The van der Waals surface area contributed by atoms with Gasteiger partial charge in [-0.1, -0.05) is 65.1 Å². The Balaban J connectivity index is 1.06. The fourth-order valence-electron chi connectivity index (χ4n) is 6.94. The lowest BCUT2D eigenvalue weighted by Gasteiger charge is -2.39. The number of halogens is 3. The number of rotatable bonds is 11. The normalized spacial score (nSPS) is 24.6. The second kappa shape index (κ2) is 14.6. The second-order valence-electron chi connectivity index (χ2n) is 11.8. The number of hydrogen-bond donors (Lipinski definition) is 1. The monoisotopic (exact) mass is 655 g/mol. The molecule has 230 valence electrons. The maximum absolute atomic E-state index is 13.4. The van der Waals surface area contributed by atoms with Crippen LogP contribution >= 0.6 is 34.8 Å². The van der Waals surface area contributed by atoms with E-state index >= 15 is 0 Å². The third-order valence-corrected chi connectivity index (χ3v) is 12.1. The molecule has 2 saturated heterocycles. The third kappa shape index (κ3) is 7.63. The molecule has 1 N–H and O–H groups in total. The van der Waals surface area contributed by atoms with Gasteiger partial charge in [-0.2, -0.15) is 4.31 Å². The van der Waals surface area contributed by atoms with Crippen molar-refractivity contribution in [1.82, 2.24) is 14.5 Å². The van der Waals surface area contributed by atoms with Crippen molar-refractivity contribution < 1.29 is 17.9 Å². The van der Waals surface area contributed by atoms with E-state index in [4.69, 9.17) is 39.5 Å². The van der Waals surface area contributed by atoms with Gasteiger partial charge in [-0.25, -0.2) is 8.42 Å². The standard InChI is InChI=1S/C31H40Cl3N3O4S/c32-25-17-27(33)31(28(34)18-25)42(39,40)37-16-6-9-26(37)20-41-21-29(38)35-19-22-10-12-24(13-11-22)30(36-14-4-5-15-36)23-7-2-1-3-8-23/h1-3,7-8,17-18,22,24,26,30H,4-6,9-16,19-21H2,(H,35,38). The predicted molar refractivity (Wildman–Crippen MR) is 168 cm³/mol. The smallest absolute Gasteiger partial charge is 0.246 e. The van der Waals surface area contributed by atoms with Gasteiger partial charge < -0.3 is 10.1 Å². The predicted octanol–water partition coefficient (Wildman–Crippen LogP) is 6.58. The molecule has 3 aliphatic rings. The summed E-state index contributed by atoms with van der Waals surface area (Å²) in [6.45, 7) is 3.37. The van der Waals surface area contributed by atoms with Gasteiger partial charge >= 0.3 is 0 Å². The highest BCUT2D eigenvalue weighted by Crippen LogP contribution is 2.41. The first kappa shape index (κ1) is 32.0. The van der Waals surface area contributed by atoms with E-state index in [1.54, 1.807) is 0 Å². The fourth-order valence-corrected chi connectivity index (χ4v) is 10.1. The molecule has 42 heavy (non-hydrogen) atoms. The number of hydrogen-bond acceptors (Lipinski definition) is 5. The molecule has 0 bridgehead atoms. The summed E-state index contributed by atoms with van der Waals surface area (Å²) in [5.41, 5.74) is 1.43. The molecule has 0 radical (unpaired) electrons. The van der Waals surface area contributed by atoms with Crippen molar-refractivity contribution in [1.29, 1.82) is 0 Å². The summed E-state index contributed by atoms with van der Waals surface area (Å²) in [5.74, 6) is 0.932. The van der Waals surface area contributed by atoms with Gasteiger partial charge in [0.2, 0.25) is 15.9 Å². The molecule has 2 unspecified atom stereocenters. The van der Waals surface area contributed by atoms with Crippen LogP contribution in [0.15, 0.2) is 47.4 Å². The SMILES string of the molecule is O=C(COCC1CCCN1S(=O)(=O)c1c(Cl)cc(Cl)cc1Cl)NCC1CCC(C(c2ccccc2)N2CCCC2)CC1. The second-order valence-corrected chi connectivity index (χ2v) is 14.9. The van der Waals surface area contributed by atoms with E-state index in [-0.39, 0.29) is 39.1 Å². The van der Waals surface area contributed by atoms with Crippen LogP contribution in [0.4, 0.5) is 0 Å². The molecule has 5 rings (SSSR count). The van der Waals surface area contributed by atoms with Gasteiger partial charge in [-0.3, -0.25) is 9.69 Å². The van der Waals surface area contributed by atoms with Crippen molar-refractivity contribution in [3.05, 3.63) is 63.1 Å². The summed E-state index contributed by atoms with van der Waals surface area (Å²) in [4.78, 5) is 15.1. The molecular weight excluding hydrogens is 617 g/mol. The van der Waals surface area contributed by atoms with Crippen molar-refractivity contribution in [2.24, 2.45) is 11.8 Å². The number of ether oxygens (including phenoxy) is 1. The van der Waals surface area contributed by atoms with Crippen LogP contribution in [0.3, 0.4) is 0 Å². The molecule has 0 spiro atoms. The van der Waals surface area contributed by atoms with E-state index in [1.807, 2.05) is 0 Å².